The highest BCUT2D eigenvalue weighted by Crippen LogP contribution is 2.17. The van der Waals surface area contributed by atoms with Crippen molar-refractivity contribution in [3.05, 3.63) is 70.8 Å². The Bertz CT molecular complexity index is 640. The summed E-state index contributed by atoms with van der Waals surface area (Å²) in [6, 6.07) is 15.2. The summed E-state index contributed by atoms with van der Waals surface area (Å²) in [5, 5.41) is 16.1. The molecule has 0 bridgehead atoms. The standard InChI is InChI=1S/C17H18N2O2/c20-16(13-4-2-1-3-5-13)17(21)19-9-12-6-7-14-10-18-11-15(14)8-12/h1-8,16,18,20H,9-11H2,(H,19,21). The molecular weight excluding hydrogens is 264 g/mol. The maximum Gasteiger partial charge on any atom is 0.253 e. The molecule has 0 radical (unpaired) electrons. The molecular formula is C17H18N2O2. The van der Waals surface area contributed by atoms with Crippen LogP contribution in [-0.4, -0.2) is 11.0 Å². The second-order valence-corrected chi connectivity index (χ2v) is 5.24. The Morgan fingerprint density at radius 2 is 1.90 bits per heavy atom. The summed E-state index contributed by atoms with van der Waals surface area (Å²) in [6.45, 7) is 2.22. The highest BCUT2D eigenvalue weighted by Gasteiger charge is 2.17. The molecule has 4 heteroatoms. The number of benzene rings is 2. The molecule has 0 aromatic heterocycles. The quantitative estimate of drug-likeness (QED) is 0.799. The van der Waals surface area contributed by atoms with Gasteiger partial charge in [-0.2, -0.15) is 0 Å². The van der Waals surface area contributed by atoms with Gasteiger partial charge >= 0.3 is 0 Å². The van der Waals surface area contributed by atoms with Gasteiger partial charge in [-0.1, -0.05) is 48.5 Å². The van der Waals surface area contributed by atoms with Gasteiger partial charge in [-0.15, -0.1) is 0 Å². The smallest absolute Gasteiger partial charge is 0.253 e. The molecule has 0 saturated heterocycles. The summed E-state index contributed by atoms with van der Waals surface area (Å²) in [7, 11) is 0. The lowest BCUT2D eigenvalue weighted by Crippen LogP contribution is -2.28. The third-order valence-electron chi connectivity index (χ3n) is 3.73. The van der Waals surface area contributed by atoms with Gasteiger partial charge in [-0.25, -0.2) is 0 Å². The van der Waals surface area contributed by atoms with Gasteiger partial charge in [-0.3, -0.25) is 4.79 Å². The van der Waals surface area contributed by atoms with E-state index in [4.69, 9.17) is 0 Å². The Kier molecular flexibility index (Phi) is 3.99. The Morgan fingerprint density at radius 3 is 2.71 bits per heavy atom. The molecule has 3 N–H and O–H groups in total. The molecule has 1 amide bonds. The lowest BCUT2D eigenvalue weighted by Gasteiger charge is -2.12. The van der Waals surface area contributed by atoms with E-state index < -0.39 is 6.10 Å². The fourth-order valence-corrected chi connectivity index (χ4v) is 2.53. The van der Waals surface area contributed by atoms with E-state index in [2.05, 4.69) is 22.8 Å². The van der Waals surface area contributed by atoms with Gasteiger partial charge in [0.05, 0.1) is 0 Å². The van der Waals surface area contributed by atoms with Gasteiger partial charge in [0.25, 0.3) is 5.91 Å². The van der Waals surface area contributed by atoms with Gasteiger partial charge in [-0.05, 0) is 22.3 Å². The zero-order valence-corrected chi connectivity index (χ0v) is 11.7. The minimum absolute atomic E-state index is 0.375. The van der Waals surface area contributed by atoms with Crippen LogP contribution in [0.15, 0.2) is 48.5 Å². The second-order valence-electron chi connectivity index (χ2n) is 5.24. The van der Waals surface area contributed by atoms with Crippen molar-refractivity contribution in [1.82, 2.24) is 10.6 Å². The molecule has 0 saturated carbocycles. The van der Waals surface area contributed by atoms with Crippen molar-refractivity contribution < 1.29 is 9.90 Å². The predicted octanol–water partition coefficient (Wildman–Crippen LogP) is 1.64. The maximum absolute atomic E-state index is 12.0. The average Bonchev–Trinajstić information content (AvgIpc) is 3.00. The van der Waals surface area contributed by atoms with E-state index in [0.717, 1.165) is 18.7 Å². The first-order chi connectivity index (χ1) is 10.2. The van der Waals surface area contributed by atoms with E-state index in [9.17, 15) is 9.90 Å². The highest BCUT2D eigenvalue weighted by molar-refractivity contribution is 5.81. The third-order valence-corrected chi connectivity index (χ3v) is 3.73. The summed E-state index contributed by atoms with van der Waals surface area (Å²) in [4.78, 5) is 12.0. The fraction of sp³-hybridized carbons (Fsp3) is 0.235. The molecule has 0 aliphatic carbocycles. The Hall–Kier alpha value is -2.17. The number of carbonyl (C=O) groups is 1. The first kappa shape index (κ1) is 13.8. The van der Waals surface area contributed by atoms with Crippen LogP contribution in [0.1, 0.15) is 28.4 Å². The first-order valence-corrected chi connectivity index (χ1v) is 7.06. The van der Waals surface area contributed by atoms with E-state index in [1.165, 1.54) is 11.1 Å². The molecule has 1 unspecified atom stereocenters. The van der Waals surface area contributed by atoms with Crippen molar-refractivity contribution in [2.75, 3.05) is 0 Å². The van der Waals surface area contributed by atoms with Crippen LogP contribution in [0.25, 0.3) is 0 Å². The van der Waals surface area contributed by atoms with Gasteiger partial charge < -0.3 is 15.7 Å². The van der Waals surface area contributed by atoms with Crippen molar-refractivity contribution >= 4 is 5.91 Å². The Balaban J connectivity index is 1.61. The molecule has 21 heavy (non-hydrogen) atoms. The monoisotopic (exact) mass is 282 g/mol. The van der Waals surface area contributed by atoms with Crippen LogP contribution in [0, 0.1) is 0 Å². The van der Waals surface area contributed by atoms with Gasteiger partial charge in [0.1, 0.15) is 0 Å². The number of hydrogen-bond donors (Lipinski definition) is 3. The zero-order chi connectivity index (χ0) is 14.7. The lowest BCUT2D eigenvalue weighted by atomic mass is 10.1. The number of aliphatic hydroxyl groups excluding tert-OH is 1. The van der Waals surface area contributed by atoms with E-state index in [1.54, 1.807) is 24.3 Å². The Morgan fingerprint density at radius 1 is 1.14 bits per heavy atom. The lowest BCUT2D eigenvalue weighted by molar-refractivity contribution is -0.129. The van der Waals surface area contributed by atoms with E-state index in [1.807, 2.05) is 12.1 Å². The van der Waals surface area contributed by atoms with Crippen LogP contribution in [0.4, 0.5) is 0 Å². The molecule has 108 valence electrons. The summed E-state index contributed by atoms with van der Waals surface area (Å²) >= 11 is 0. The number of fused-ring (bicyclic) bond motifs is 1. The SMILES string of the molecule is O=C(NCc1ccc2c(c1)CNC2)C(O)c1ccccc1. The number of carbonyl (C=O) groups excluding carboxylic acids is 1. The summed E-state index contributed by atoms with van der Waals surface area (Å²) in [5.74, 6) is -0.375. The summed E-state index contributed by atoms with van der Waals surface area (Å²) in [6.07, 6.45) is -1.12. The predicted molar refractivity (Wildman–Crippen MR) is 80.2 cm³/mol. The van der Waals surface area contributed by atoms with Gasteiger partial charge in [0.15, 0.2) is 6.10 Å². The highest BCUT2D eigenvalue weighted by atomic mass is 16.3. The molecule has 1 atom stereocenters. The molecule has 1 heterocycles. The van der Waals surface area contributed by atoms with Crippen molar-refractivity contribution in [3.63, 3.8) is 0 Å². The largest absolute Gasteiger partial charge is 0.378 e. The number of nitrogens with one attached hydrogen (secondary N) is 2. The molecule has 0 spiro atoms. The molecule has 2 aromatic carbocycles. The fourth-order valence-electron chi connectivity index (χ4n) is 2.53. The Labute approximate surface area is 123 Å². The van der Waals surface area contributed by atoms with E-state index >= 15 is 0 Å². The van der Waals surface area contributed by atoms with Crippen LogP contribution >= 0.6 is 0 Å². The zero-order valence-electron chi connectivity index (χ0n) is 11.7. The van der Waals surface area contributed by atoms with Crippen LogP contribution in [0.3, 0.4) is 0 Å². The van der Waals surface area contributed by atoms with Crippen molar-refractivity contribution in [2.45, 2.75) is 25.7 Å². The van der Waals surface area contributed by atoms with Crippen LogP contribution in [0.2, 0.25) is 0 Å². The molecule has 0 fully saturated rings. The third kappa shape index (κ3) is 3.12. The number of amides is 1. The topological polar surface area (TPSA) is 61.4 Å². The van der Waals surface area contributed by atoms with Gasteiger partial charge in [0, 0.05) is 19.6 Å². The van der Waals surface area contributed by atoms with E-state index in [0.29, 0.717) is 12.1 Å². The second kappa shape index (κ2) is 6.08. The number of aliphatic hydroxyl groups is 1. The molecule has 4 nitrogen and oxygen atoms in total. The van der Waals surface area contributed by atoms with Crippen molar-refractivity contribution in [1.29, 1.82) is 0 Å². The first-order valence-electron chi connectivity index (χ1n) is 7.06. The van der Waals surface area contributed by atoms with Crippen LogP contribution in [-0.2, 0) is 24.4 Å². The molecule has 3 rings (SSSR count). The van der Waals surface area contributed by atoms with Crippen LogP contribution in [0.5, 0.6) is 0 Å². The number of hydrogen-bond acceptors (Lipinski definition) is 3. The van der Waals surface area contributed by atoms with Crippen LogP contribution < -0.4 is 10.6 Å². The van der Waals surface area contributed by atoms with E-state index in [-0.39, 0.29) is 5.91 Å². The van der Waals surface area contributed by atoms with Gasteiger partial charge in [0.2, 0.25) is 0 Å². The van der Waals surface area contributed by atoms with Crippen molar-refractivity contribution in [2.24, 2.45) is 0 Å². The molecule has 1 aliphatic rings. The van der Waals surface area contributed by atoms with Crippen molar-refractivity contribution in [3.8, 4) is 0 Å². The molecule has 1 aliphatic heterocycles. The maximum atomic E-state index is 12.0. The summed E-state index contributed by atoms with van der Waals surface area (Å²) < 4.78 is 0. The minimum Gasteiger partial charge on any atom is -0.378 e. The average molecular weight is 282 g/mol. The molecule has 2 aromatic rings. The minimum atomic E-state index is -1.12. The summed E-state index contributed by atoms with van der Waals surface area (Å²) in [5.41, 5.74) is 4.25. The number of rotatable bonds is 4. The normalized spacial score (nSPS) is 14.5.